The average molecular weight is 444 g/mol. The number of nitrogens with zero attached hydrogens (tertiary/aromatic N) is 3. The molecule has 0 radical (unpaired) electrons. The number of aryl methyl sites for hydroxylation is 1. The van der Waals surface area contributed by atoms with Crippen LogP contribution in [-0.4, -0.2) is 45.6 Å². The normalized spacial score (nSPS) is 20.1. The average Bonchev–Trinajstić information content (AvgIpc) is 3.39. The van der Waals surface area contributed by atoms with Crippen molar-refractivity contribution in [3.05, 3.63) is 47.0 Å². The summed E-state index contributed by atoms with van der Waals surface area (Å²) in [5, 5.41) is 7.69. The van der Waals surface area contributed by atoms with Gasteiger partial charge in [-0.05, 0) is 38.3 Å². The van der Waals surface area contributed by atoms with Crippen LogP contribution in [0.25, 0.3) is 11.0 Å². The van der Waals surface area contributed by atoms with E-state index in [0.717, 1.165) is 23.3 Å². The standard InChI is InChI=1S/C22H29N5O3S/c1-5-13(2)20(21-23-17-8-6-7-9-18(17)24-21)25-22(28)19-14(3)26-27(15(19)4)16-10-11-31(29,30)12-16/h6-9,13,16,20H,5,10-12H2,1-4H3,(H,23,24)(H,25,28)/t13-,16+,20-/m0/s1. The molecule has 3 aromatic rings. The number of imidazole rings is 1. The van der Waals surface area contributed by atoms with Crippen molar-refractivity contribution >= 4 is 26.8 Å². The molecule has 1 amide bonds. The molecule has 1 aliphatic rings. The van der Waals surface area contributed by atoms with Gasteiger partial charge in [0.15, 0.2) is 9.84 Å². The molecule has 1 aromatic carbocycles. The lowest BCUT2D eigenvalue weighted by molar-refractivity contribution is 0.0919. The zero-order chi connectivity index (χ0) is 22.3. The smallest absolute Gasteiger partial charge is 0.255 e. The second-order valence-corrected chi connectivity index (χ2v) is 10.8. The minimum atomic E-state index is -3.04. The second kappa shape index (κ2) is 8.11. The van der Waals surface area contributed by atoms with Crippen LogP contribution < -0.4 is 5.32 Å². The lowest BCUT2D eigenvalue weighted by Gasteiger charge is -2.22. The summed E-state index contributed by atoms with van der Waals surface area (Å²) >= 11 is 0. The summed E-state index contributed by atoms with van der Waals surface area (Å²) in [7, 11) is -3.04. The molecule has 0 saturated carbocycles. The Morgan fingerprint density at radius 3 is 2.71 bits per heavy atom. The van der Waals surface area contributed by atoms with E-state index in [2.05, 4.69) is 29.2 Å². The topological polar surface area (TPSA) is 110 Å². The summed E-state index contributed by atoms with van der Waals surface area (Å²) in [6.07, 6.45) is 1.40. The molecule has 1 saturated heterocycles. The highest BCUT2D eigenvalue weighted by molar-refractivity contribution is 7.91. The molecule has 31 heavy (non-hydrogen) atoms. The molecule has 0 unspecified atom stereocenters. The Bertz CT molecular complexity index is 1190. The van der Waals surface area contributed by atoms with Gasteiger partial charge in [-0.1, -0.05) is 32.4 Å². The highest BCUT2D eigenvalue weighted by Crippen LogP contribution is 2.29. The van der Waals surface area contributed by atoms with Crippen molar-refractivity contribution in [1.29, 1.82) is 0 Å². The van der Waals surface area contributed by atoms with Crippen molar-refractivity contribution in [2.24, 2.45) is 5.92 Å². The van der Waals surface area contributed by atoms with E-state index < -0.39 is 9.84 Å². The lowest BCUT2D eigenvalue weighted by Crippen LogP contribution is -2.34. The van der Waals surface area contributed by atoms with Crippen molar-refractivity contribution < 1.29 is 13.2 Å². The third kappa shape index (κ3) is 4.11. The number of fused-ring (bicyclic) bond motifs is 1. The third-order valence-corrected chi connectivity index (χ3v) is 8.06. The number of H-pyrrole nitrogens is 1. The Kier molecular flexibility index (Phi) is 5.63. The fraction of sp³-hybridized carbons (Fsp3) is 0.500. The molecule has 3 heterocycles. The van der Waals surface area contributed by atoms with E-state index in [1.807, 2.05) is 31.2 Å². The maximum atomic E-state index is 13.3. The number of amides is 1. The van der Waals surface area contributed by atoms with E-state index in [9.17, 15) is 13.2 Å². The number of sulfone groups is 1. The summed E-state index contributed by atoms with van der Waals surface area (Å²) in [5.41, 5.74) is 3.61. The van der Waals surface area contributed by atoms with Crippen LogP contribution in [0.4, 0.5) is 0 Å². The lowest BCUT2D eigenvalue weighted by atomic mass is 9.98. The molecule has 3 atom stereocenters. The summed E-state index contributed by atoms with van der Waals surface area (Å²) < 4.78 is 25.5. The SMILES string of the molecule is CC[C@H](C)[C@H](NC(=O)c1c(C)nn([C@@H]2CCS(=O)(=O)C2)c1C)c1nc2ccccc2[nH]1. The van der Waals surface area contributed by atoms with Gasteiger partial charge in [0.05, 0.1) is 45.9 Å². The third-order valence-electron chi connectivity index (χ3n) is 6.31. The molecule has 2 aromatic heterocycles. The molecule has 0 spiro atoms. The molecule has 4 rings (SSSR count). The number of nitrogens with one attached hydrogen (secondary N) is 2. The monoisotopic (exact) mass is 443 g/mol. The van der Waals surface area contributed by atoms with Crippen molar-refractivity contribution in [2.45, 2.75) is 52.6 Å². The number of hydrogen-bond donors (Lipinski definition) is 2. The molecule has 166 valence electrons. The number of aromatic nitrogens is 4. The number of aromatic amines is 1. The van der Waals surface area contributed by atoms with Crippen LogP contribution in [0, 0.1) is 19.8 Å². The van der Waals surface area contributed by atoms with E-state index in [4.69, 9.17) is 4.98 Å². The highest BCUT2D eigenvalue weighted by atomic mass is 32.2. The number of carbonyl (C=O) groups is 1. The first-order valence-electron chi connectivity index (χ1n) is 10.7. The van der Waals surface area contributed by atoms with Crippen LogP contribution in [-0.2, 0) is 9.84 Å². The highest BCUT2D eigenvalue weighted by Gasteiger charge is 2.33. The first-order valence-corrected chi connectivity index (χ1v) is 12.5. The van der Waals surface area contributed by atoms with Gasteiger partial charge in [-0.15, -0.1) is 0 Å². The summed E-state index contributed by atoms with van der Waals surface area (Å²) in [4.78, 5) is 21.4. The zero-order valence-electron chi connectivity index (χ0n) is 18.3. The fourth-order valence-electron chi connectivity index (χ4n) is 4.36. The largest absolute Gasteiger partial charge is 0.342 e. The molecule has 9 heteroatoms. The van der Waals surface area contributed by atoms with Gasteiger partial charge < -0.3 is 10.3 Å². The number of hydrogen-bond acceptors (Lipinski definition) is 5. The van der Waals surface area contributed by atoms with Gasteiger partial charge in [-0.25, -0.2) is 13.4 Å². The molecule has 1 fully saturated rings. The Balaban J connectivity index is 1.63. The Morgan fingerprint density at radius 1 is 1.32 bits per heavy atom. The first kappa shape index (κ1) is 21.5. The van der Waals surface area contributed by atoms with Crippen LogP contribution in [0.1, 0.15) is 66.3 Å². The van der Waals surface area contributed by atoms with E-state index >= 15 is 0 Å². The molecule has 0 bridgehead atoms. The van der Waals surface area contributed by atoms with Crippen molar-refractivity contribution in [2.75, 3.05) is 11.5 Å². The van der Waals surface area contributed by atoms with Gasteiger partial charge in [0, 0.05) is 5.69 Å². The molecule has 8 nitrogen and oxygen atoms in total. The van der Waals surface area contributed by atoms with Crippen LogP contribution in [0.5, 0.6) is 0 Å². The quantitative estimate of drug-likeness (QED) is 0.608. The molecular formula is C22H29N5O3S. The van der Waals surface area contributed by atoms with Crippen LogP contribution >= 0.6 is 0 Å². The fourth-order valence-corrected chi connectivity index (χ4v) is 6.06. The number of para-hydroxylation sites is 2. The maximum absolute atomic E-state index is 13.3. The number of rotatable bonds is 6. The summed E-state index contributed by atoms with van der Waals surface area (Å²) in [6, 6.07) is 7.30. The minimum Gasteiger partial charge on any atom is -0.342 e. The predicted molar refractivity (Wildman–Crippen MR) is 120 cm³/mol. The van der Waals surface area contributed by atoms with E-state index in [0.29, 0.717) is 23.4 Å². The van der Waals surface area contributed by atoms with Gasteiger partial charge in [0.2, 0.25) is 0 Å². The number of carbonyl (C=O) groups excluding carboxylic acids is 1. The summed E-state index contributed by atoms with van der Waals surface area (Å²) in [5.74, 6) is 0.922. The van der Waals surface area contributed by atoms with Gasteiger partial charge in [-0.3, -0.25) is 9.48 Å². The zero-order valence-corrected chi connectivity index (χ0v) is 19.2. The molecule has 2 N–H and O–H groups in total. The van der Waals surface area contributed by atoms with E-state index in [-0.39, 0.29) is 35.4 Å². The van der Waals surface area contributed by atoms with Crippen molar-refractivity contribution in [1.82, 2.24) is 25.1 Å². The van der Waals surface area contributed by atoms with Crippen LogP contribution in [0.3, 0.4) is 0 Å². The van der Waals surface area contributed by atoms with Crippen molar-refractivity contribution in [3.8, 4) is 0 Å². The van der Waals surface area contributed by atoms with Gasteiger partial charge in [0.1, 0.15) is 5.82 Å². The summed E-state index contributed by atoms with van der Waals surface area (Å²) in [6.45, 7) is 7.80. The molecular weight excluding hydrogens is 414 g/mol. The minimum absolute atomic E-state index is 0.0739. The van der Waals surface area contributed by atoms with E-state index in [1.165, 1.54) is 0 Å². The van der Waals surface area contributed by atoms with Gasteiger partial charge in [-0.2, -0.15) is 5.10 Å². The Hall–Kier alpha value is -2.68. The van der Waals surface area contributed by atoms with Crippen LogP contribution in [0.2, 0.25) is 0 Å². The van der Waals surface area contributed by atoms with Crippen molar-refractivity contribution in [3.63, 3.8) is 0 Å². The van der Waals surface area contributed by atoms with Gasteiger partial charge in [0.25, 0.3) is 5.91 Å². The molecule has 0 aliphatic carbocycles. The Labute approximate surface area is 182 Å². The second-order valence-electron chi connectivity index (χ2n) is 8.52. The first-order chi connectivity index (χ1) is 14.7. The Morgan fingerprint density at radius 2 is 2.06 bits per heavy atom. The number of benzene rings is 1. The predicted octanol–water partition coefficient (Wildman–Crippen LogP) is 3.25. The molecule has 1 aliphatic heterocycles. The van der Waals surface area contributed by atoms with Gasteiger partial charge >= 0.3 is 0 Å². The van der Waals surface area contributed by atoms with E-state index in [1.54, 1.807) is 11.6 Å². The van der Waals surface area contributed by atoms with Crippen LogP contribution in [0.15, 0.2) is 24.3 Å². The maximum Gasteiger partial charge on any atom is 0.255 e.